The van der Waals surface area contributed by atoms with Gasteiger partial charge in [0.25, 0.3) is 5.56 Å². The molecule has 1 N–H and O–H groups in total. The van der Waals surface area contributed by atoms with Crippen LogP contribution in [-0.4, -0.2) is 27.4 Å². The molecule has 26 heavy (non-hydrogen) atoms. The van der Waals surface area contributed by atoms with Crippen molar-refractivity contribution in [3.05, 3.63) is 20.8 Å². The van der Waals surface area contributed by atoms with Gasteiger partial charge in [0, 0.05) is 11.4 Å². The van der Waals surface area contributed by atoms with Crippen molar-refractivity contribution in [3.8, 4) is 0 Å². The number of aryl methyl sites for hydroxylation is 1. The molecule has 2 aromatic heterocycles. The molecule has 0 aliphatic heterocycles. The fraction of sp³-hybridized carbons (Fsp3) is 0.684. The van der Waals surface area contributed by atoms with E-state index in [1.165, 1.54) is 9.56 Å². The monoisotopic (exact) mass is 376 g/mol. The lowest BCUT2D eigenvalue weighted by atomic mass is 9.72. The predicted octanol–water partition coefficient (Wildman–Crippen LogP) is 2.78. The summed E-state index contributed by atoms with van der Waals surface area (Å²) < 4.78 is 1.20. The maximum atomic E-state index is 12.9. The minimum Gasteiger partial charge on any atom is -0.354 e. The van der Waals surface area contributed by atoms with Gasteiger partial charge in [-0.2, -0.15) is 0 Å². The summed E-state index contributed by atoms with van der Waals surface area (Å²) in [6, 6.07) is 0. The fourth-order valence-corrected chi connectivity index (χ4v) is 4.71. The Kier molecular flexibility index (Phi) is 5.19. The second-order valence-corrected chi connectivity index (χ2v) is 9.82. The van der Waals surface area contributed by atoms with Gasteiger partial charge in [-0.3, -0.25) is 9.59 Å². The molecular weight excluding hydrogens is 348 g/mol. The summed E-state index contributed by atoms with van der Waals surface area (Å²) in [6.07, 6.45) is 2.98. The number of thiophene rings is 1. The first-order valence-electron chi connectivity index (χ1n) is 9.31. The van der Waals surface area contributed by atoms with Crippen molar-refractivity contribution in [1.29, 1.82) is 0 Å². The standard InChI is InChI=1S/C19H28N4O2S/c1-11(2)9-20-15(24)10-23-18(25)16-13-7-6-12(19(3,4)5)8-14(13)26-17(16)21-22-23/h11-12H,6-10H2,1-5H3,(H,20,24)/t12-/m1/s1. The Bertz CT molecular complexity index is 876. The van der Waals surface area contributed by atoms with Crippen molar-refractivity contribution in [2.45, 2.75) is 60.4 Å². The van der Waals surface area contributed by atoms with E-state index >= 15 is 0 Å². The molecule has 0 radical (unpaired) electrons. The first-order valence-corrected chi connectivity index (χ1v) is 10.1. The van der Waals surface area contributed by atoms with E-state index in [2.05, 4.69) is 36.4 Å². The molecule has 6 nitrogen and oxygen atoms in total. The molecule has 0 bridgehead atoms. The number of amides is 1. The molecule has 0 saturated heterocycles. The number of nitrogens with one attached hydrogen (secondary N) is 1. The minimum absolute atomic E-state index is 0.0796. The number of carbonyl (C=O) groups is 1. The Balaban J connectivity index is 1.89. The van der Waals surface area contributed by atoms with Gasteiger partial charge in [-0.25, -0.2) is 4.68 Å². The molecular formula is C19H28N4O2S. The van der Waals surface area contributed by atoms with Gasteiger partial charge in [-0.05, 0) is 42.1 Å². The number of carbonyl (C=O) groups excluding carboxylic acids is 1. The van der Waals surface area contributed by atoms with Crippen LogP contribution in [0, 0.1) is 17.3 Å². The molecule has 1 atom stereocenters. The predicted molar refractivity (Wildman–Crippen MR) is 104 cm³/mol. The number of rotatable bonds is 4. The van der Waals surface area contributed by atoms with E-state index in [0.29, 0.717) is 28.6 Å². The number of hydrogen-bond acceptors (Lipinski definition) is 5. The minimum atomic E-state index is -0.202. The van der Waals surface area contributed by atoms with Crippen molar-refractivity contribution in [2.75, 3.05) is 6.54 Å². The number of hydrogen-bond donors (Lipinski definition) is 1. The highest BCUT2D eigenvalue weighted by molar-refractivity contribution is 7.18. The van der Waals surface area contributed by atoms with Gasteiger partial charge in [0.05, 0.1) is 5.39 Å². The third-order valence-electron chi connectivity index (χ3n) is 5.16. The lowest BCUT2D eigenvalue weighted by Crippen LogP contribution is -2.35. The second kappa shape index (κ2) is 7.10. The number of aromatic nitrogens is 3. The summed E-state index contributed by atoms with van der Waals surface area (Å²) in [7, 11) is 0. The maximum absolute atomic E-state index is 12.9. The van der Waals surface area contributed by atoms with Crippen molar-refractivity contribution in [3.63, 3.8) is 0 Å². The van der Waals surface area contributed by atoms with Crippen LogP contribution < -0.4 is 10.9 Å². The summed E-state index contributed by atoms with van der Waals surface area (Å²) in [5, 5.41) is 11.7. The zero-order valence-electron chi connectivity index (χ0n) is 16.3. The van der Waals surface area contributed by atoms with Crippen LogP contribution in [0.1, 0.15) is 51.5 Å². The van der Waals surface area contributed by atoms with Crippen molar-refractivity contribution < 1.29 is 4.79 Å². The van der Waals surface area contributed by atoms with E-state index in [9.17, 15) is 9.59 Å². The molecule has 0 saturated carbocycles. The highest BCUT2D eigenvalue weighted by Crippen LogP contribution is 2.41. The molecule has 1 amide bonds. The highest BCUT2D eigenvalue weighted by atomic mass is 32.1. The molecule has 0 spiro atoms. The number of nitrogens with zero attached hydrogens (tertiary/aromatic N) is 3. The van der Waals surface area contributed by atoms with E-state index in [1.807, 2.05) is 13.8 Å². The molecule has 1 aliphatic carbocycles. The molecule has 3 rings (SSSR count). The molecule has 0 fully saturated rings. The summed E-state index contributed by atoms with van der Waals surface area (Å²) in [6.45, 7) is 11.4. The Hall–Kier alpha value is -1.76. The highest BCUT2D eigenvalue weighted by Gasteiger charge is 2.32. The third kappa shape index (κ3) is 3.82. The van der Waals surface area contributed by atoms with Crippen LogP contribution >= 0.6 is 11.3 Å². The first-order chi connectivity index (χ1) is 12.2. The fourth-order valence-electron chi connectivity index (χ4n) is 3.48. The van der Waals surface area contributed by atoms with E-state index in [0.717, 1.165) is 24.8 Å². The van der Waals surface area contributed by atoms with E-state index in [4.69, 9.17) is 0 Å². The Morgan fingerprint density at radius 1 is 1.38 bits per heavy atom. The van der Waals surface area contributed by atoms with E-state index in [1.54, 1.807) is 11.3 Å². The molecule has 0 aromatic carbocycles. The largest absolute Gasteiger partial charge is 0.354 e. The van der Waals surface area contributed by atoms with Crippen molar-refractivity contribution in [1.82, 2.24) is 20.3 Å². The van der Waals surface area contributed by atoms with E-state index in [-0.39, 0.29) is 23.4 Å². The topological polar surface area (TPSA) is 76.9 Å². The van der Waals surface area contributed by atoms with Gasteiger partial charge < -0.3 is 5.32 Å². The lowest BCUT2D eigenvalue weighted by Gasteiger charge is -2.33. The lowest BCUT2D eigenvalue weighted by molar-refractivity contribution is -0.122. The van der Waals surface area contributed by atoms with Gasteiger partial charge in [0.1, 0.15) is 6.54 Å². The zero-order chi connectivity index (χ0) is 19.1. The first kappa shape index (κ1) is 19.0. The smallest absolute Gasteiger partial charge is 0.279 e. The average Bonchev–Trinajstić information content (AvgIpc) is 2.93. The SMILES string of the molecule is CC(C)CNC(=O)Cn1nnc2sc3c(c2c1=O)CC[C@@H](C(C)(C)C)C3. The van der Waals surface area contributed by atoms with Crippen LogP contribution in [0.25, 0.3) is 10.2 Å². The molecule has 1 aliphatic rings. The van der Waals surface area contributed by atoms with Crippen LogP contribution in [0.5, 0.6) is 0 Å². The molecule has 142 valence electrons. The van der Waals surface area contributed by atoms with Crippen molar-refractivity contribution >= 4 is 27.5 Å². The summed E-state index contributed by atoms with van der Waals surface area (Å²) in [4.78, 5) is 26.9. The van der Waals surface area contributed by atoms with Crippen LogP contribution in [0.2, 0.25) is 0 Å². The quantitative estimate of drug-likeness (QED) is 0.890. The van der Waals surface area contributed by atoms with Gasteiger partial charge in [-0.1, -0.05) is 39.8 Å². The van der Waals surface area contributed by atoms with Crippen molar-refractivity contribution in [2.24, 2.45) is 17.3 Å². The van der Waals surface area contributed by atoms with Crippen LogP contribution in [-0.2, 0) is 24.2 Å². The second-order valence-electron chi connectivity index (χ2n) is 8.74. The Morgan fingerprint density at radius 3 is 2.77 bits per heavy atom. The number of fused-ring (bicyclic) bond motifs is 3. The zero-order valence-corrected chi connectivity index (χ0v) is 17.1. The molecule has 2 heterocycles. The van der Waals surface area contributed by atoms with Crippen LogP contribution in [0.4, 0.5) is 0 Å². The Morgan fingerprint density at radius 2 is 2.12 bits per heavy atom. The van der Waals surface area contributed by atoms with Crippen LogP contribution in [0.15, 0.2) is 4.79 Å². The maximum Gasteiger partial charge on any atom is 0.279 e. The summed E-state index contributed by atoms with van der Waals surface area (Å²) in [5.41, 5.74) is 1.19. The average molecular weight is 377 g/mol. The van der Waals surface area contributed by atoms with Gasteiger partial charge >= 0.3 is 0 Å². The molecule has 7 heteroatoms. The van der Waals surface area contributed by atoms with Gasteiger partial charge in [0.15, 0.2) is 4.83 Å². The normalized spacial score (nSPS) is 17.5. The molecule has 2 aromatic rings. The third-order valence-corrected chi connectivity index (χ3v) is 6.30. The van der Waals surface area contributed by atoms with Gasteiger partial charge in [-0.15, -0.1) is 16.4 Å². The van der Waals surface area contributed by atoms with E-state index < -0.39 is 0 Å². The van der Waals surface area contributed by atoms with Gasteiger partial charge in [0.2, 0.25) is 5.91 Å². The summed E-state index contributed by atoms with van der Waals surface area (Å²) >= 11 is 1.59. The van der Waals surface area contributed by atoms with Crippen LogP contribution in [0.3, 0.4) is 0 Å². The summed E-state index contributed by atoms with van der Waals surface area (Å²) in [5.74, 6) is 0.773. The molecule has 0 unspecified atom stereocenters. The Labute approximate surface area is 158 Å².